The summed E-state index contributed by atoms with van der Waals surface area (Å²) in [5.74, 6) is -1.13. The van der Waals surface area contributed by atoms with Crippen LogP contribution in [0.2, 0.25) is 0 Å². The number of aryl methyl sites for hydroxylation is 1. The average molecular weight is 253 g/mol. The molecule has 0 spiro atoms. The van der Waals surface area contributed by atoms with Crippen LogP contribution in [0, 0.1) is 11.6 Å². The molecule has 2 rings (SSSR count). The fourth-order valence-electron chi connectivity index (χ4n) is 1.77. The Morgan fingerprint density at radius 1 is 1.18 bits per heavy atom. The van der Waals surface area contributed by atoms with Gasteiger partial charge in [-0.25, -0.2) is 8.78 Å². The van der Waals surface area contributed by atoms with E-state index in [0.717, 1.165) is 12.0 Å². The summed E-state index contributed by atoms with van der Waals surface area (Å²) in [4.78, 5) is 0. The highest BCUT2D eigenvalue weighted by Crippen LogP contribution is 2.23. The third kappa shape index (κ3) is 2.90. The Balaban J connectivity index is 2.07. The average Bonchev–Trinajstić information content (AvgIpc) is 2.79. The van der Waals surface area contributed by atoms with E-state index < -0.39 is 17.7 Å². The first-order valence-electron chi connectivity index (χ1n) is 5.39. The molecule has 1 nitrogen and oxygen atoms in total. The molecular weight excluding hydrogens is 240 g/mol. The summed E-state index contributed by atoms with van der Waals surface area (Å²) in [7, 11) is 0. The van der Waals surface area contributed by atoms with Crippen LogP contribution in [0.25, 0.3) is 0 Å². The monoisotopic (exact) mass is 253 g/mol. The topological polar surface area (TPSA) is 26.0 Å². The van der Waals surface area contributed by atoms with Crippen LogP contribution in [0.5, 0.6) is 0 Å². The molecule has 4 heteroatoms. The maximum atomic E-state index is 13.4. The summed E-state index contributed by atoms with van der Waals surface area (Å²) in [5, 5.41) is 4.00. The molecule has 17 heavy (non-hydrogen) atoms. The van der Waals surface area contributed by atoms with Crippen molar-refractivity contribution in [2.45, 2.75) is 18.9 Å². The molecule has 2 aromatic rings. The zero-order valence-electron chi connectivity index (χ0n) is 9.20. The second-order valence-corrected chi connectivity index (χ2v) is 4.69. The van der Waals surface area contributed by atoms with Gasteiger partial charge in [0.15, 0.2) is 0 Å². The van der Waals surface area contributed by atoms with Gasteiger partial charge in [-0.3, -0.25) is 0 Å². The van der Waals surface area contributed by atoms with Gasteiger partial charge in [-0.1, -0.05) is 6.07 Å². The molecular formula is C13H13F2NS. The molecule has 1 atom stereocenters. The third-order valence-corrected chi connectivity index (χ3v) is 3.43. The number of rotatable bonds is 4. The van der Waals surface area contributed by atoms with Crippen LogP contribution in [-0.2, 0) is 6.42 Å². The van der Waals surface area contributed by atoms with E-state index >= 15 is 0 Å². The SMILES string of the molecule is NC(CCc1ccsc1)c1c(F)cccc1F. The first-order valence-corrected chi connectivity index (χ1v) is 6.33. The van der Waals surface area contributed by atoms with Gasteiger partial charge in [-0.15, -0.1) is 0 Å². The Bertz CT molecular complexity index is 462. The van der Waals surface area contributed by atoms with Crippen molar-refractivity contribution in [3.05, 3.63) is 57.8 Å². The van der Waals surface area contributed by atoms with Crippen LogP contribution in [-0.4, -0.2) is 0 Å². The van der Waals surface area contributed by atoms with Crippen LogP contribution in [0.4, 0.5) is 8.78 Å². The van der Waals surface area contributed by atoms with E-state index in [1.54, 1.807) is 11.3 Å². The van der Waals surface area contributed by atoms with Crippen molar-refractivity contribution < 1.29 is 8.78 Å². The van der Waals surface area contributed by atoms with E-state index in [1.165, 1.54) is 18.2 Å². The molecule has 1 aromatic carbocycles. The highest BCUT2D eigenvalue weighted by molar-refractivity contribution is 7.07. The molecule has 0 fully saturated rings. The van der Waals surface area contributed by atoms with Crippen molar-refractivity contribution in [1.29, 1.82) is 0 Å². The maximum Gasteiger partial charge on any atom is 0.130 e. The molecule has 0 saturated carbocycles. The van der Waals surface area contributed by atoms with Crippen LogP contribution < -0.4 is 5.73 Å². The number of nitrogens with two attached hydrogens (primary N) is 1. The molecule has 2 N–H and O–H groups in total. The second-order valence-electron chi connectivity index (χ2n) is 3.91. The molecule has 1 unspecified atom stereocenters. The predicted molar refractivity (Wildman–Crippen MR) is 65.9 cm³/mol. The minimum absolute atomic E-state index is 0.0114. The van der Waals surface area contributed by atoms with Crippen molar-refractivity contribution in [2.75, 3.05) is 0 Å². The van der Waals surface area contributed by atoms with E-state index in [4.69, 9.17) is 5.73 Å². The normalized spacial score (nSPS) is 12.6. The number of hydrogen-bond donors (Lipinski definition) is 1. The van der Waals surface area contributed by atoms with Crippen molar-refractivity contribution in [1.82, 2.24) is 0 Å². The molecule has 0 saturated heterocycles. The molecule has 0 amide bonds. The minimum atomic E-state index is -0.601. The van der Waals surface area contributed by atoms with Crippen LogP contribution >= 0.6 is 11.3 Å². The standard InChI is InChI=1S/C13H13F2NS/c14-10-2-1-3-11(15)13(10)12(16)5-4-9-6-7-17-8-9/h1-3,6-8,12H,4-5,16H2. The van der Waals surface area contributed by atoms with Crippen molar-refractivity contribution in [3.63, 3.8) is 0 Å². The molecule has 0 aliphatic rings. The largest absolute Gasteiger partial charge is 0.324 e. The first-order chi connectivity index (χ1) is 8.18. The lowest BCUT2D eigenvalue weighted by atomic mass is 10.00. The molecule has 1 aromatic heterocycles. The van der Waals surface area contributed by atoms with E-state index in [2.05, 4.69) is 0 Å². The van der Waals surface area contributed by atoms with E-state index in [0.29, 0.717) is 6.42 Å². The maximum absolute atomic E-state index is 13.4. The Morgan fingerprint density at radius 3 is 2.47 bits per heavy atom. The van der Waals surface area contributed by atoms with Gasteiger partial charge in [0.25, 0.3) is 0 Å². The van der Waals surface area contributed by atoms with E-state index in [9.17, 15) is 8.78 Å². The summed E-state index contributed by atoms with van der Waals surface area (Å²) >= 11 is 1.60. The van der Waals surface area contributed by atoms with E-state index in [-0.39, 0.29) is 5.56 Å². The summed E-state index contributed by atoms with van der Waals surface area (Å²) < 4.78 is 26.9. The predicted octanol–water partition coefficient (Wildman–Crippen LogP) is 3.66. The summed E-state index contributed by atoms with van der Waals surface area (Å²) in [6.45, 7) is 0. The van der Waals surface area contributed by atoms with Crippen molar-refractivity contribution in [3.8, 4) is 0 Å². The van der Waals surface area contributed by atoms with Gasteiger partial charge in [-0.05, 0) is 47.4 Å². The van der Waals surface area contributed by atoms with Gasteiger partial charge >= 0.3 is 0 Å². The molecule has 1 heterocycles. The molecule has 0 aliphatic carbocycles. The van der Waals surface area contributed by atoms with Gasteiger partial charge < -0.3 is 5.73 Å². The molecule has 0 bridgehead atoms. The minimum Gasteiger partial charge on any atom is -0.324 e. The fraction of sp³-hybridized carbons (Fsp3) is 0.231. The zero-order valence-corrected chi connectivity index (χ0v) is 10.0. The van der Waals surface area contributed by atoms with Crippen molar-refractivity contribution >= 4 is 11.3 Å². The molecule has 90 valence electrons. The van der Waals surface area contributed by atoms with Crippen LogP contribution in [0.1, 0.15) is 23.6 Å². The highest BCUT2D eigenvalue weighted by atomic mass is 32.1. The summed E-state index contributed by atoms with van der Waals surface area (Å²) in [6.07, 6.45) is 1.27. The highest BCUT2D eigenvalue weighted by Gasteiger charge is 2.16. The Morgan fingerprint density at radius 2 is 1.88 bits per heavy atom. The van der Waals surface area contributed by atoms with Crippen molar-refractivity contribution in [2.24, 2.45) is 5.73 Å². The summed E-state index contributed by atoms with van der Waals surface area (Å²) in [5.41, 5.74) is 6.98. The van der Waals surface area contributed by atoms with E-state index in [1.807, 2.05) is 16.8 Å². The third-order valence-electron chi connectivity index (χ3n) is 2.69. The fourth-order valence-corrected chi connectivity index (χ4v) is 2.47. The number of thiophene rings is 1. The van der Waals surface area contributed by atoms with Gasteiger partial charge in [0, 0.05) is 11.6 Å². The van der Waals surface area contributed by atoms with Gasteiger partial charge in [-0.2, -0.15) is 11.3 Å². The smallest absolute Gasteiger partial charge is 0.130 e. The van der Waals surface area contributed by atoms with Gasteiger partial charge in [0.1, 0.15) is 11.6 Å². The van der Waals surface area contributed by atoms with Crippen LogP contribution in [0.15, 0.2) is 35.0 Å². The second kappa shape index (κ2) is 5.38. The summed E-state index contributed by atoms with van der Waals surface area (Å²) in [6, 6.07) is 5.22. The van der Waals surface area contributed by atoms with Crippen LogP contribution in [0.3, 0.4) is 0 Å². The lowest BCUT2D eigenvalue weighted by molar-refractivity contribution is 0.512. The lowest BCUT2D eigenvalue weighted by Crippen LogP contribution is -2.15. The lowest BCUT2D eigenvalue weighted by Gasteiger charge is -2.13. The Kier molecular flexibility index (Phi) is 3.86. The first kappa shape index (κ1) is 12.2. The van der Waals surface area contributed by atoms with Gasteiger partial charge in [0.05, 0.1) is 0 Å². The number of hydrogen-bond acceptors (Lipinski definition) is 2. The van der Waals surface area contributed by atoms with Gasteiger partial charge in [0.2, 0.25) is 0 Å². The zero-order chi connectivity index (χ0) is 12.3. The quantitative estimate of drug-likeness (QED) is 0.884. The Hall–Kier alpha value is -1.26. The number of halogens is 2. The molecule has 0 radical (unpaired) electrons. The Labute approximate surface area is 103 Å². The molecule has 0 aliphatic heterocycles. The number of benzene rings is 1.